The molecule has 2 aromatic rings. The Balaban J connectivity index is 0.00000145. The normalized spacial score (nSPS) is 16.8. The van der Waals surface area contributed by atoms with E-state index in [1.165, 1.54) is 11.2 Å². The van der Waals surface area contributed by atoms with Gasteiger partial charge < -0.3 is 9.84 Å². The van der Waals surface area contributed by atoms with Crippen molar-refractivity contribution in [1.82, 2.24) is 4.72 Å². The van der Waals surface area contributed by atoms with Gasteiger partial charge in [0.05, 0.1) is 12.3 Å². The van der Waals surface area contributed by atoms with Crippen LogP contribution in [0.5, 0.6) is 5.75 Å². The lowest BCUT2D eigenvalue weighted by atomic mass is 9.99. The fourth-order valence-electron chi connectivity index (χ4n) is 2.98. The summed E-state index contributed by atoms with van der Waals surface area (Å²) in [6.07, 6.45) is 1.70. The number of hydrogen-bond donors (Lipinski definition) is 2. The fourth-order valence-corrected chi connectivity index (χ4v) is 3.91. The maximum Gasteiger partial charge on any atom is 0.302 e. The van der Waals surface area contributed by atoms with Crippen LogP contribution in [0.1, 0.15) is 39.7 Å². The molecule has 158 valence electrons. The van der Waals surface area contributed by atoms with Gasteiger partial charge >= 0.3 is 5.97 Å². The highest BCUT2D eigenvalue weighted by atomic mass is 32.2. The van der Waals surface area contributed by atoms with Crippen molar-refractivity contribution in [3.05, 3.63) is 35.9 Å². The Kier molecular flexibility index (Phi) is 8.01. The summed E-state index contributed by atoms with van der Waals surface area (Å²) < 4.78 is 20.7. The third-order valence-corrected chi connectivity index (χ3v) is 5.58. The minimum Gasteiger partial charge on any atom is -0.506 e. The molecule has 1 aliphatic heterocycles. The number of fused-ring (bicyclic) bond motifs is 1. The molecule has 1 aliphatic rings. The second-order valence-corrected chi connectivity index (χ2v) is 7.92. The van der Waals surface area contributed by atoms with E-state index in [1.807, 2.05) is 39.0 Å². The maximum absolute atomic E-state index is 12.0. The molecule has 2 atom stereocenters. The van der Waals surface area contributed by atoms with Gasteiger partial charge in [0.2, 0.25) is 11.2 Å². The van der Waals surface area contributed by atoms with Gasteiger partial charge in [-0.25, -0.2) is 4.21 Å². The van der Waals surface area contributed by atoms with Crippen molar-refractivity contribution < 1.29 is 23.6 Å². The molecule has 1 heterocycles. The van der Waals surface area contributed by atoms with E-state index in [4.69, 9.17) is 4.74 Å². The molecular weight excluding hydrogens is 392 g/mol. The molecule has 2 aromatic carbocycles. The van der Waals surface area contributed by atoms with Crippen LogP contribution >= 0.6 is 0 Å². The Hall–Kier alpha value is -2.61. The van der Waals surface area contributed by atoms with Gasteiger partial charge in [0.25, 0.3) is 5.91 Å². The van der Waals surface area contributed by atoms with Crippen molar-refractivity contribution in [3.63, 3.8) is 0 Å². The van der Waals surface area contributed by atoms with Gasteiger partial charge in [-0.1, -0.05) is 39.0 Å². The molecule has 29 heavy (non-hydrogen) atoms. The van der Waals surface area contributed by atoms with Crippen LogP contribution in [0, 0.1) is 5.92 Å². The molecule has 1 fully saturated rings. The number of rotatable bonds is 6. The molecule has 0 bridgehead atoms. The average Bonchev–Trinajstić information content (AvgIpc) is 3.03. The molecule has 1 amide bonds. The third kappa shape index (κ3) is 5.93. The van der Waals surface area contributed by atoms with Crippen molar-refractivity contribution in [2.45, 2.75) is 40.5 Å². The Bertz CT molecular complexity index is 915. The van der Waals surface area contributed by atoms with E-state index in [0.29, 0.717) is 12.3 Å². The zero-order valence-corrected chi connectivity index (χ0v) is 18.0. The third-order valence-electron chi connectivity index (χ3n) is 4.45. The van der Waals surface area contributed by atoms with Crippen molar-refractivity contribution in [2.75, 3.05) is 17.5 Å². The molecule has 0 radical (unpaired) electrons. The number of nitrogens with zero attached hydrogens (tertiary/aromatic N) is 1. The Morgan fingerprint density at radius 3 is 2.62 bits per heavy atom. The first-order chi connectivity index (χ1) is 13.8. The van der Waals surface area contributed by atoms with Gasteiger partial charge in [0.15, 0.2) is 0 Å². The van der Waals surface area contributed by atoms with Crippen molar-refractivity contribution in [1.29, 1.82) is 0 Å². The smallest absolute Gasteiger partial charge is 0.302 e. The first-order valence-electron chi connectivity index (χ1n) is 9.71. The van der Waals surface area contributed by atoms with E-state index in [9.17, 15) is 18.9 Å². The topological polar surface area (TPSA) is 95.9 Å². The Morgan fingerprint density at radius 1 is 1.28 bits per heavy atom. The molecule has 0 aliphatic carbocycles. The van der Waals surface area contributed by atoms with Gasteiger partial charge in [-0.15, -0.1) is 0 Å². The van der Waals surface area contributed by atoms with Crippen LogP contribution in [0.15, 0.2) is 30.3 Å². The van der Waals surface area contributed by atoms with Gasteiger partial charge in [-0.2, -0.15) is 0 Å². The highest BCUT2D eigenvalue weighted by Gasteiger charge is 2.29. The standard InChI is InChI=1S/C19H22N2O5S.C2H6/c1-12(11-26-13(2)22)3-4-14-5-6-15-9-18(23)17(8-16(15)7-14)21-10-19(24)20-27(21)25;1-2/h5-9,12,23H,3-4,10-11H2,1-2H3,(H,20,24);1-2H3. The lowest BCUT2D eigenvalue weighted by Gasteiger charge is -2.16. The van der Waals surface area contributed by atoms with Gasteiger partial charge in [0.1, 0.15) is 12.3 Å². The fraction of sp³-hybridized carbons (Fsp3) is 0.429. The molecule has 8 heteroatoms. The SMILES string of the molecule is CC.CC(=O)OCC(C)CCc1ccc2cc(O)c(N3CC(=O)NS3=O)cc2c1. The number of esters is 1. The molecule has 0 aromatic heterocycles. The summed E-state index contributed by atoms with van der Waals surface area (Å²) in [6.45, 7) is 7.79. The molecular formula is C21H28N2O5S. The number of carbonyl (C=O) groups is 2. The summed E-state index contributed by atoms with van der Waals surface area (Å²) >= 11 is -1.68. The molecule has 3 rings (SSSR count). The van der Waals surface area contributed by atoms with E-state index in [2.05, 4.69) is 4.72 Å². The number of phenols is 1. The van der Waals surface area contributed by atoms with Crippen LogP contribution in [0.2, 0.25) is 0 Å². The molecule has 0 saturated carbocycles. The lowest BCUT2D eigenvalue weighted by molar-refractivity contribution is -0.142. The number of nitrogens with one attached hydrogen (secondary N) is 1. The average molecular weight is 421 g/mol. The quantitative estimate of drug-likeness (QED) is 0.700. The predicted octanol–water partition coefficient (Wildman–Crippen LogP) is 3.22. The van der Waals surface area contributed by atoms with E-state index in [1.54, 1.807) is 12.1 Å². The lowest BCUT2D eigenvalue weighted by Crippen LogP contribution is -2.22. The van der Waals surface area contributed by atoms with Gasteiger partial charge in [-0.3, -0.25) is 18.6 Å². The number of anilines is 1. The number of hydrogen-bond acceptors (Lipinski definition) is 5. The number of benzene rings is 2. The van der Waals surface area contributed by atoms with Crippen molar-refractivity contribution in [3.8, 4) is 5.75 Å². The van der Waals surface area contributed by atoms with Crippen LogP contribution in [0.25, 0.3) is 10.8 Å². The van der Waals surface area contributed by atoms with Crippen LogP contribution < -0.4 is 9.03 Å². The second kappa shape index (κ2) is 10.2. The summed E-state index contributed by atoms with van der Waals surface area (Å²) in [4.78, 5) is 22.3. The van der Waals surface area contributed by atoms with Crippen LogP contribution in [-0.4, -0.2) is 34.3 Å². The van der Waals surface area contributed by atoms with E-state index < -0.39 is 11.2 Å². The van der Waals surface area contributed by atoms with Crippen molar-refractivity contribution >= 4 is 39.5 Å². The Morgan fingerprint density at radius 2 is 2.00 bits per heavy atom. The second-order valence-electron chi connectivity index (χ2n) is 6.78. The number of amides is 1. The minimum atomic E-state index is -1.68. The largest absolute Gasteiger partial charge is 0.506 e. The molecule has 0 spiro atoms. The summed E-state index contributed by atoms with van der Waals surface area (Å²) in [5.41, 5.74) is 1.48. The van der Waals surface area contributed by atoms with Crippen LogP contribution in [0.4, 0.5) is 5.69 Å². The van der Waals surface area contributed by atoms with E-state index in [0.717, 1.165) is 29.2 Å². The van der Waals surface area contributed by atoms with E-state index in [-0.39, 0.29) is 30.1 Å². The number of ether oxygens (including phenoxy) is 1. The number of aryl methyl sites for hydroxylation is 1. The van der Waals surface area contributed by atoms with Crippen LogP contribution in [0.3, 0.4) is 0 Å². The summed E-state index contributed by atoms with van der Waals surface area (Å²) in [5, 5.41) is 12.0. The molecule has 2 N–H and O–H groups in total. The maximum atomic E-state index is 12.0. The van der Waals surface area contributed by atoms with Crippen molar-refractivity contribution in [2.24, 2.45) is 5.92 Å². The summed E-state index contributed by atoms with van der Waals surface area (Å²) in [5.74, 6) is -0.380. The minimum absolute atomic E-state index is 0.0184. The first-order valence-corrected chi connectivity index (χ1v) is 10.8. The number of aromatic hydroxyl groups is 1. The number of phenolic OH excluding ortho intramolecular Hbond substituents is 1. The van der Waals surface area contributed by atoms with E-state index >= 15 is 0 Å². The highest BCUT2D eigenvalue weighted by Crippen LogP contribution is 2.34. The van der Waals surface area contributed by atoms with Gasteiger partial charge in [-0.05, 0) is 47.2 Å². The molecule has 1 saturated heterocycles. The highest BCUT2D eigenvalue weighted by molar-refractivity contribution is 7.85. The zero-order chi connectivity index (χ0) is 21.6. The Labute approximate surface area is 173 Å². The summed E-state index contributed by atoms with van der Waals surface area (Å²) in [7, 11) is 0. The molecule has 7 nitrogen and oxygen atoms in total. The molecule has 2 unspecified atom stereocenters. The van der Waals surface area contributed by atoms with Crippen LogP contribution in [-0.2, 0) is 31.9 Å². The predicted molar refractivity (Wildman–Crippen MR) is 115 cm³/mol. The monoisotopic (exact) mass is 420 g/mol. The first kappa shape index (κ1) is 22.7. The zero-order valence-electron chi connectivity index (χ0n) is 17.2. The summed E-state index contributed by atoms with van der Waals surface area (Å²) in [6, 6.07) is 9.30. The van der Waals surface area contributed by atoms with Gasteiger partial charge in [0, 0.05) is 6.92 Å². The number of carbonyl (C=O) groups excluding carboxylic acids is 2.